The Hall–Kier alpha value is -1.94. The maximum atomic E-state index is 12.1. The van der Waals surface area contributed by atoms with Gasteiger partial charge < -0.3 is 10.3 Å². The van der Waals surface area contributed by atoms with Crippen LogP contribution < -0.4 is 10.9 Å². The fourth-order valence-corrected chi connectivity index (χ4v) is 2.60. The summed E-state index contributed by atoms with van der Waals surface area (Å²) in [7, 11) is 0. The van der Waals surface area contributed by atoms with E-state index in [-0.39, 0.29) is 11.6 Å². The monoisotopic (exact) mass is 285 g/mol. The van der Waals surface area contributed by atoms with E-state index >= 15 is 0 Å². The molecule has 0 spiro atoms. The molecule has 0 fully saturated rings. The van der Waals surface area contributed by atoms with Crippen LogP contribution in [0.25, 0.3) is 0 Å². The van der Waals surface area contributed by atoms with E-state index in [1.807, 2.05) is 32.0 Å². The molecule has 112 valence electrons. The third-order valence-electron chi connectivity index (χ3n) is 3.80. The number of rotatable bonds is 5. The molecule has 1 heterocycles. The van der Waals surface area contributed by atoms with Gasteiger partial charge in [-0.25, -0.2) is 4.98 Å². The van der Waals surface area contributed by atoms with Crippen LogP contribution in [-0.2, 0) is 0 Å². The summed E-state index contributed by atoms with van der Waals surface area (Å²) in [4.78, 5) is 19.2. The van der Waals surface area contributed by atoms with Gasteiger partial charge >= 0.3 is 0 Å². The molecule has 2 N–H and O–H groups in total. The smallest absolute Gasteiger partial charge is 0.255 e. The van der Waals surface area contributed by atoms with Gasteiger partial charge in [-0.15, -0.1) is 0 Å². The van der Waals surface area contributed by atoms with Gasteiger partial charge in [0.25, 0.3) is 5.56 Å². The lowest BCUT2D eigenvalue weighted by molar-refractivity contribution is 0.529. The predicted octanol–water partition coefficient (Wildman–Crippen LogP) is 2.84. The van der Waals surface area contributed by atoms with Crippen molar-refractivity contribution in [3.05, 3.63) is 63.3 Å². The van der Waals surface area contributed by atoms with Crippen LogP contribution in [0, 0.1) is 13.8 Å². The predicted molar refractivity (Wildman–Crippen MR) is 85.6 cm³/mol. The number of H-pyrrole nitrogens is 1. The third-order valence-corrected chi connectivity index (χ3v) is 3.80. The van der Waals surface area contributed by atoms with Crippen LogP contribution in [0.1, 0.15) is 48.5 Å². The van der Waals surface area contributed by atoms with Gasteiger partial charge in [0.15, 0.2) is 0 Å². The van der Waals surface area contributed by atoms with Crippen molar-refractivity contribution in [1.82, 2.24) is 15.3 Å². The first-order chi connectivity index (χ1) is 9.99. The summed E-state index contributed by atoms with van der Waals surface area (Å²) in [6.45, 7) is 8.69. The molecule has 2 unspecified atom stereocenters. The zero-order valence-electron chi connectivity index (χ0n) is 13.1. The second kappa shape index (κ2) is 6.68. The molecule has 0 saturated heterocycles. The average molecular weight is 285 g/mol. The molecule has 1 aromatic carbocycles. The SMILES string of the molecule is Cc1nc(C)c(C(C)NCC(C)c2ccccc2)c(=O)[nH]1. The van der Waals surface area contributed by atoms with E-state index in [0.29, 0.717) is 11.7 Å². The van der Waals surface area contributed by atoms with Crippen LogP contribution in [0.3, 0.4) is 0 Å². The van der Waals surface area contributed by atoms with E-state index in [1.165, 1.54) is 5.56 Å². The molecule has 0 amide bonds. The lowest BCUT2D eigenvalue weighted by Crippen LogP contribution is -2.30. The highest BCUT2D eigenvalue weighted by atomic mass is 16.1. The molecule has 4 nitrogen and oxygen atoms in total. The average Bonchev–Trinajstić information content (AvgIpc) is 2.44. The Morgan fingerprint density at radius 3 is 2.48 bits per heavy atom. The molecule has 0 aliphatic carbocycles. The van der Waals surface area contributed by atoms with Crippen molar-refractivity contribution in [3.63, 3.8) is 0 Å². The summed E-state index contributed by atoms with van der Waals surface area (Å²) in [5.74, 6) is 1.05. The van der Waals surface area contributed by atoms with Crippen molar-refractivity contribution in [3.8, 4) is 0 Å². The van der Waals surface area contributed by atoms with E-state index in [9.17, 15) is 4.79 Å². The topological polar surface area (TPSA) is 57.8 Å². The minimum absolute atomic E-state index is 0.0204. The molecule has 0 bridgehead atoms. The number of aromatic nitrogens is 2. The Balaban J connectivity index is 2.06. The highest BCUT2D eigenvalue weighted by molar-refractivity contribution is 5.21. The van der Waals surface area contributed by atoms with Gasteiger partial charge in [-0.3, -0.25) is 4.79 Å². The van der Waals surface area contributed by atoms with Crippen LogP contribution in [0.5, 0.6) is 0 Å². The molecule has 1 aromatic heterocycles. The standard InChI is InChI=1S/C17H23N3O/c1-11(15-8-6-5-7-9-15)10-18-12(2)16-13(3)19-14(4)20-17(16)21/h5-9,11-12,18H,10H2,1-4H3,(H,19,20,21). The highest BCUT2D eigenvalue weighted by Gasteiger charge is 2.15. The van der Waals surface area contributed by atoms with E-state index in [4.69, 9.17) is 0 Å². The maximum absolute atomic E-state index is 12.1. The molecule has 4 heteroatoms. The molecule has 21 heavy (non-hydrogen) atoms. The second-order valence-corrected chi connectivity index (χ2v) is 5.59. The molecular formula is C17H23N3O. The summed E-state index contributed by atoms with van der Waals surface area (Å²) in [5.41, 5.74) is 2.77. The van der Waals surface area contributed by atoms with Crippen molar-refractivity contribution in [1.29, 1.82) is 0 Å². The van der Waals surface area contributed by atoms with E-state index in [0.717, 1.165) is 17.8 Å². The van der Waals surface area contributed by atoms with Gasteiger partial charge in [-0.2, -0.15) is 0 Å². The molecule has 0 aliphatic heterocycles. The van der Waals surface area contributed by atoms with Crippen LogP contribution >= 0.6 is 0 Å². The lowest BCUT2D eigenvalue weighted by Gasteiger charge is -2.19. The van der Waals surface area contributed by atoms with Crippen molar-refractivity contribution < 1.29 is 0 Å². The summed E-state index contributed by atoms with van der Waals surface area (Å²) < 4.78 is 0. The number of nitrogens with one attached hydrogen (secondary N) is 2. The Morgan fingerprint density at radius 2 is 1.86 bits per heavy atom. The third kappa shape index (κ3) is 3.79. The first kappa shape index (κ1) is 15.4. The highest BCUT2D eigenvalue weighted by Crippen LogP contribution is 2.16. The van der Waals surface area contributed by atoms with Crippen molar-refractivity contribution in [2.45, 2.75) is 39.7 Å². The van der Waals surface area contributed by atoms with Crippen molar-refractivity contribution in [2.75, 3.05) is 6.54 Å². The van der Waals surface area contributed by atoms with E-state index < -0.39 is 0 Å². The van der Waals surface area contributed by atoms with Crippen LogP contribution in [0.4, 0.5) is 0 Å². The Bertz CT molecular complexity index is 649. The maximum Gasteiger partial charge on any atom is 0.255 e. The number of aryl methyl sites for hydroxylation is 2. The molecule has 2 rings (SSSR count). The molecule has 2 aromatic rings. The summed E-state index contributed by atoms with van der Waals surface area (Å²) in [6, 6.07) is 10.4. The normalized spacial score (nSPS) is 13.9. The van der Waals surface area contributed by atoms with E-state index in [1.54, 1.807) is 6.92 Å². The summed E-state index contributed by atoms with van der Waals surface area (Å²) in [6.07, 6.45) is 0. The quantitative estimate of drug-likeness (QED) is 0.888. The molecule has 0 saturated carbocycles. The zero-order valence-corrected chi connectivity index (χ0v) is 13.1. The molecular weight excluding hydrogens is 262 g/mol. The minimum atomic E-state index is -0.0487. The Morgan fingerprint density at radius 1 is 1.19 bits per heavy atom. The van der Waals surface area contributed by atoms with Gasteiger partial charge in [0.05, 0.1) is 5.56 Å². The second-order valence-electron chi connectivity index (χ2n) is 5.59. The number of benzene rings is 1. The van der Waals surface area contributed by atoms with Gasteiger partial charge in [0.2, 0.25) is 0 Å². The van der Waals surface area contributed by atoms with Crippen molar-refractivity contribution >= 4 is 0 Å². The molecule has 0 aliphatic rings. The number of aromatic amines is 1. The zero-order chi connectivity index (χ0) is 15.4. The molecule has 0 radical (unpaired) electrons. The van der Waals surface area contributed by atoms with Crippen LogP contribution in [-0.4, -0.2) is 16.5 Å². The van der Waals surface area contributed by atoms with Crippen LogP contribution in [0.15, 0.2) is 35.1 Å². The Labute approximate surface area is 125 Å². The summed E-state index contributed by atoms with van der Waals surface area (Å²) in [5, 5.41) is 3.44. The fourth-order valence-electron chi connectivity index (χ4n) is 2.60. The number of hydrogen-bond acceptors (Lipinski definition) is 3. The number of hydrogen-bond donors (Lipinski definition) is 2. The largest absolute Gasteiger partial charge is 0.310 e. The molecule has 2 atom stereocenters. The van der Waals surface area contributed by atoms with E-state index in [2.05, 4.69) is 34.3 Å². The van der Waals surface area contributed by atoms with Crippen molar-refractivity contribution in [2.24, 2.45) is 0 Å². The summed E-state index contributed by atoms with van der Waals surface area (Å²) >= 11 is 0. The van der Waals surface area contributed by atoms with Gasteiger partial charge in [-0.1, -0.05) is 37.3 Å². The number of nitrogens with zero attached hydrogens (tertiary/aromatic N) is 1. The lowest BCUT2D eigenvalue weighted by atomic mass is 10.0. The van der Waals surface area contributed by atoms with Gasteiger partial charge in [-0.05, 0) is 32.3 Å². The first-order valence-corrected chi connectivity index (χ1v) is 7.34. The first-order valence-electron chi connectivity index (χ1n) is 7.34. The fraction of sp³-hybridized carbons (Fsp3) is 0.412. The van der Waals surface area contributed by atoms with Crippen LogP contribution in [0.2, 0.25) is 0 Å². The minimum Gasteiger partial charge on any atom is -0.310 e. The Kier molecular flexibility index (Phi) is 4.91. The van der Waals surface area contributed by atoms with Gasteiger partial charge in [0, 0.05) is 18.3 Å². The van der Waals surface area contributed by atoms with Gasteiger partial charge in [0.1, 0.15) is 5.82 Å².